The molecule has 0 N–H and O–H groups in total. The van der Waals surface area contributed by atoms with Gasteiger partial charge in [0, 0.05) is 0 Å². The molecule has 9 rings (SSSR count). The molecular formula is C16O8. The monoisotopic (exact) mass is 320 g/mol. The fraction of sp³-hybridized carbons (Fsp3) is 0. The lowest BCUT2D eigenvalue weighted by molar-refractivity contribution is 0.389. The molecule has 0 aliphatic heterocycles. The molecule has 8 aromatic heterocycles. The summed E-state index contributed by atoms with van der Waals surface area (Å²) in [5.41, 5.74) is 0. The second-order valence-corrected chi connectivity index (χ2v) is 6.12. The van der Waals surface area contributed by atoms with E-state index >= 15 is 0 Å². The summed E-state index contributed by atoms with van der Waals surface area (Å²) in [6, 6.07) is 0. The van der Waals surface area contributed by atoms with E-state index in [0.29, 0.717) is 46.2 Å². The molecule has 0 atom stereocenters. The maximum absolute atomic E-state index is 5.71. The smallest absolute Gasteiger partial charge is 0.304 e. The molecule has 0 aliphatic carbocycles. The van der Waals surface area contributed by atoms with Gasteiger partial charge in [0.25, 0.3) is 0 Å². The molecule has 1 aromatic carbocycles. The van der Waals surface area contributed by atoms with Crippen LogP contribution in [-0.4, -0.2) is 0 Å². The minimum atomic E-state index is 0.344. The normalized spacial score (nSPS) is 14.7. The van der Waals surface area contributed by atoms with E-state index in [1.54, 1.807) is 0 Å². The van der Waals surface area contributed by atoms with Crippen LogP contribution in [0.5, 0.6) is 0 Å². The van der Waals surface area contributed by atoms with E-state index in [1.807, 2.05) is 0 Å². The van der Waals surface area contributed by atoms with Crippen molar-refractivity contribution in [2.24, 2.45) is 0 Å². The Morgan fingerprint density at radius 3 is 0.458 bits per heavy atom. The molecule has 0 amide bonds. The number of furan rings is 8. The average Bonchev–Trinajstić information content (AvgIpc) is 3.25. The Morgan fingerprint density at radius 2 is 0.333 bits per heavy atom. The van der Waals surface area contributed by atoms with E-state index in [0.717, 1.165) is 43.1 Å². The van der Waals surface area contributed by atoms with Crippen LogP contribution in [0.3, 0.4) is 0 Å². The molecule has 8 heteroatoms. The lowest BCUT2D eigenvalue weighted by Crippen LogP contribution is -1.67. The average molecular weight is 320 g/mol. The van der Waals surface area contributed by atoms with Crippen molar-refractivity contribution in [3.05, 3.63) is 0 Å². The Morgan fingerprint density at radius 1 is 0.208 bits per heavy atom. The molecule has 8 nitrogen and oxygen atoms in total. The molecule has 112 valence electrons. The van der Waals surface area contributed by atoms with Gasteiger partial charge in [-0.15, -0.1) is 0 Å². The summed E-state index contributed by atoms with van der Waals surface area (Å²) >= 11 is 0. The molecule has 0 radical (unpaired) electrons. The van der Waals surface area contributed by atoms with E-state index in [2.05, 4.69) is 0 Å². The third kappa shape index (κ3) is 0.645. The zero-order valence-electron chi connectivity index (χ0n) is 11.3. The quantitative estimate of drug-likeness (QED) is 0.336. The highest BCUT2D eigenvalue weighted by Crippen LogP contribution is 2.55. The first-order valence-corrected chi connectivity index (χ1v) is 7.27. The van der Waals surface area contributed by atoms with Gasteiger partial charge in [0.05, 0.1) is 43.1 Å². The Kier molecular flexibility index (Phi) is 0.933. The molecule has 0 saturated heterocycles. The Labute approximate surface area is 125 Å². The van der Waals surface area contributed by atoms with Gasteiger partial charge in [-0.2, -0.15) is 0 Å². The molecule has 9 aromatic rings. The highest BCUT2D eigenvalue weighted by molar-refractivity contribution is 6.42. The third-order valence-electron chi connectivity index (χ3n) is 5.12. The van der Waals surface area contributed by atoms with Gasteiger partial charge in [0.2, 0.25) is 0 Å². The van der Waals surface area contributed by atoms with Crippen molar-refractivity contribution in [2.75, 3.05) is 0 Å². The van der Waals surface area contributed by atoms with Crippen LogP contribution in [0.15, 0.2) is 35.3 Å². The molecule has 0 aliphatic rings. The largest absolute Gasteiger partial charge is 0.391 e. The van der Waals surface area contributed by atoms with Gasteiger partial charge >= 0.3 is 46.2 Å². The molecule has 24 heavy (non-hydrogen) atoms. The molecule has 8 heterocycles. The molecule has 0 fully saturated rings. The van der Waals surface area contributed by atoms with Crippen molar-refractivity contribution in [1.29, 1.82) is 0 Å². The maximum atomic E-state index is 5.71. The number of rotatable bonds is 0. The minimum absolute atomic E-state index is 0.344. The zero-order valence-corrected chi connectivity index (χ0v) is 11.3. The fourth-order valence-electron chi connectivity index (χ4n) is 4.29. The molecule has 0 unspecified atom stereocenters. The van der Waals surface area contributed by atoms with Crippen molar-refractivity contribution in [3.8, 4) is 0 Å². The Bertz CT molecular complexity index is 1360. The van der Waals surface area contributed by atoms with Gasteiger partial charge in [-0.25, -0.2) is 0 Å². The zero-order chi connectivity index (χ0) is 14.9. The highest BCUT2D eigenvalue weighted by Gasteiger charge is 2.36. The van der Waals surface area contributed by atoms with E-state index in [1.165, 1.54) is 0 Å². The van der Waals surface area contributed by atoms with Crippen LogP contribution in [0.25, 0.3) is 89.3 Å². The van der Waals surface area contributed by atoms with Crippen LogP contribution in [0.2, 0.25) is 0 Å². The summed E-state index contributed by atoms with van der Waals surface area (Å²) in [6.45, 7) is 0. The first-order chi connectivity index (χ1) is 11.9. The van der Waals surface area contributed by atoms with Crippen molar-refractivity contribution in [3.63, 3.8) is 0 Å². The number of hydrogen-bond acceptors (Lipinski definition) is 8. The second-order valence-electron chi connectivity index (χ2n) is 6.12. The highest BCUT2D eigenvalue weighted by atomic mass is 16.6. The van der Waals surface area contributed by atoms with Gasteiger partial charge in [0.15, 0.2) is 0 Å². The molecule has 0 bridgehead atoms. The summed E-state index contributed by atoms with van der Waals surface area (Å²) in [5, 5.41) is 6.25. The molecule has 0 saturated carbocycles. The van der Waals surface area contributed by atoms with Crippen LogP contribution in [0.1, 0.15) is 0 Å². The predicted octanol–water partition coefficient (Wildman–Crippen LogP) is 5.97. The first kappa shape index (κ1) is 9.46. The summed E-state index contributed by atoms with van der Waals surface area (Å²) in [4.78, 5) is 0. The van der Waals surface area contributed by atoms with Gasteiger partial charge < -0.3 is 35.3 Å². The van der Waals surface area contributed by atoms with Crippen LogP contribution in [0.4, 0.5) is 0 Å². The van der Waals surface area contributed by atoms with Crippen LogP contribution >= 0.6 is 0 Å². The van der Waals surface area contributed by atoms with Crippen molar-refractivity contribution >= 4 is 89.3 Å². The van der Waals surface area contributed by atoms with Gasteiger partial charge in [-0.3, -0.25) is 0 Å². The summed E-state index contributed by atoms with van der Waals surface area (Å²) in [6.07, 6.45) is 0. The van der Waals surface area contributed by atoms with Gasteiger partial charge in [-0.1, -0.05) is 0 Å². The van der Waals surface area contributed by atoms with Crippen molar-refractivity contribution < 1.29 is 35.3 Å². The summed E-state index contributed by atoms with van der Waals surface area (Å²) < 4.78 is 45.7. The first-order valence-electron chi connectivity index (χ1n) is 7.27. The van der Waals surface area contributed by atoms with E-state index in [9.17, 15) is 0 Å². The van der Waals surface area contributed by atoms with Gasteiger partial charge in [0.1, 0.15) is 0 Å². The lowest BCUT2D eigenvalue weighted by atomic mass is 10.0. The van der Waals surface area contributed by atoms with E-state index < -0.39 is 0 Å². The third-order valence-corrected chi connectivity index (χ3v) is 5.12. The van der Waals surface area contributed by atoms with Gasteiger partial charge in [-0.05, 0) is 0 Å². The van der Waals surface area contributed by atoms with E-state index in [4.69, 9.17) is 35.3 Å². The van der Waals surface area contributed by atoms with E-state index in [-0.39, 0.29) is 0 Å². The maximum Gasteiger partial charge on any atom is 0.304 e. The van der Waals surface area contributed by atoms with Crippen molar-refractivity contribution in [2.45, 2.75) is 0 Å². The fourth-order valence-corrected chi connectivity index (χ4v) is 4.29. The van der Waals surface area contributed by atoms with Crippen LogP contribution < -0.4 is 0 Å². The van der Waals surface area contributed by atoms with Crippen LogP contribution in [0, 0.1) is 0 Å². The number of hydrogen-bond donors (Lipinski definition) is 0. The topological polar surface area (TPSA) is 105 Å². The Balaban J connectivity index is 1.98. The Hall–Kier alpha value is -3.68. The molecular weight excluding hydrogens is 320 g/mol. The minimum Gasteiger partial charge on any atom is -0.391 e. The van der Waals surface area contributed by atoms with Crippen molar-refractivity contribution in [1.82, 2.24) is 0 Å². The lowest BCUT2D eigenvalue weighted by Gasteiger charge is -1.85. The van der Waals surface area contributed by atoms with Crippen LogP contribution in [-0.2, 0) is 0 Å². The molecule has 0 spiro atoms. The second kappa shape index (κ2) is 2.37. The SMILES string of the molecule is o1c2oc3oc4oc5oc6oc7oc8oc1c1c2c3c4c5c6c7c81. The predicted molar refractivity (Wildman–Crippen MR) is 78.2 cm³/mol. The summed E-state index contributed by atoms with van der Waals surface area (Å²) in [5.74, 6) is 2.75. The summed E-state index contributed by atoms with van der Waals surface area (Å²) in [7, 11) is 0. The standard InChI is InChI=1S/C16O8/c17-9-1-2-4-6-8-7-5-3(1)11(18-9)20-13(5)22-15(7)24-16(8)23-14(6)21-12(4)19-10(2)17.